The van der Waals surface area contributed by atoms with Gasteiger partial charge in [-0.05, 0) is 29.7 Å². The van der Waals surface area contributed by atoms with Gasteiger partial charge in [-0.1, -0.05) is 18.9 Å². The summed E-state index contributed by atoms with van der Waals surface area (Å²) in [7, 11) is 0. The van der Waals surface area contributed by atoms with Crippen LogP contribution in [0.15, 0.2) is 33.5 Å². The van der Waals surface area contributed by atoms with E-state index in [1.807, 2.05) is 18.7 Å². The van der Waals surface area contributed by atoms with E-state index in [2.05, 4.69) is 15.2 Å². The molecular formula is C19H20FN5O3. The molecule has 0 radical (unpaired) electrons. The molecule has 28 heavy (non-hydrogen) atoms. The van der Waals surface area contributed by atoms with E-state index in [0.29, 0.717) is 49.0 Å². The lowest BCUT2D eigenvalue weighted by Crippen LogP contribution is -2.49. The van der Waals surface area contributed by atoms with Crippen LogP contribution in [0.2, 0.25) is 0 Å². The second-order valence-corrected chi connectivity index (χ2v) is 7.10. The van der Waals surface area contributed by atoms with Gasteiger partial charge in [-0.3, -0.25) is 9.59 Å². The smallest absolute Gasteiger partial charge is 0.318 e. The van der Waals surface area contributed by atoms with Gasteiger partial charge < -0.3 is 19.2 Å². The molecule has 0 saturated carbocycles. The number of pyridine rings is 1. The number of rotatable bonds is 3. The largest absolute Gasteiger partial charge is 0.408 e. The number of nitrogens with one attached hydrogen (secondary N) is 1. The normalized spacial score (nSPS) is 14.9. The Morgan fingerprint density at radius 1 is 1.18 bits per heavy atom. The quantitative estimate of drug-likeness (QED) is 0.742. The van der Waals surface area contributed by atoms with Crippen molar-refractivity contribution in [1.82, 2.24) is 20.1 Å². The van der Waals surface area contributed by atoms with Crippen molar-refractivity contribution in [2.45, 2.75) is 19.8 Å². The van der Waals surface area contributed by atoms with Crippen LogP contribution >= 0.6 is 0 Å². The predicted octanol–water partition coefficient (Wildman–Crippen LogP) is 2.14. The number of carbonyl (C=O) groups excluding carboxylic acids is 1. The number of hydrogen-bond donors (Lipinski definition) is 1. The minimum atomic E-state index is -0.524. The van der Waals surface area contributed by atoms with Gasteiger partial charge in [0.15, 0.2) is 0 Å². The average molecular weight is 385 g/mol. The van der Waals surface area contributed by atoms with Gasteiger partial charge in [0.2, 0.25) is 5.89 Å². The van der Waals surface area contributed by atoms with Gasteiger partial charge in [-0.15, -0.1) is 5.10 Å². The number of anilines is 1. The highest BCUT2D eigenvalue weighted by molar-refractivity contribution is 5.97. The van der Waals surface area contributed by atoms with Crippen molar-refractivity contribution in [1.29, 1.82) is 0 Å². The predicted molar refractivity (Wildman–Crippen MR) is 101 cm³/mol. The maximum absolute atomic E-state index is 13.3. The SMILES string of the molecule is CC(C)c1nnc(N2CCN(C(=O)c3cc4ccc(F)cc4[nH]c3=O)CC2)o1. The van der Waals surface area contributed by atoms with E-state index in [4.69, 9.17) is 4.42 Å². The number of H-pyrrole nitrogens is 1. The lowest BCUT2D eigenvalue weighted by Gasteiger charge is -2.33. The number of benzene rings is 1. The lowest BCUT2D eigenvalue weighted by atomic mass is 10.1. The maximum Gasteiger partial charge on any atom is 0.318 e. The molecule has 1 aliphatic heterocycles. The second-order valence-electron chi connectivity index (χ2n) is 7.10. The van der Waals surface area contributed by atoms with Gasteiger partial charge in [-0.2, -0.15) is 0 Å². The molecule has 0 unspecified atom stereocenters. The van der Waals surface area contributed by atoms with Crippen molar-refractivity contribution in [3.8, 4) is 0 Å². The van der Waals surface area contributed by atoms with Crippen molar-refractivity contribution in [2.75, 3.05) is 31.1 Å². The first-order valence-electron chi connectivity index (χ1n) is 9.12. The topological polar surface area (TPSA) is 95.3 Å². The highest BCUT2D eigenvalue weighted by Crippen LogP contribution is 2.20. The molecule has 0 spiro atoms. The molecule has 4 rings (SSSR count). The number of fused-ring (bicyclic) bond motifs is 1. The lowest BCUT2D eigenvalue weighted by molar-refractivity contribution is 0.0743. The molecule has 3 aromatic rings. The minimum absolute atomic E-state index is 0.0486. The Morgan fingerprint density at radius 2 is 1.93 bits per heavy atom. The summed E-state index contributed by atoms with van der Waals surface area (Å²) in [6, 6.07) is 6.02. The molecule has 1 aliphatic rings. The Morgan fingerprint density at radius 3 is 2.61 bits per heavy atom. The molecule has 0 bridgehead atoms. The van der Waals surface area contributed by atoms with Crippen molar-refractivity contribution >= 4 is 22.8 Å². The van der Waals surface area contributed by atoms with Gasteiger partial charge in [-0.25, -0.2) is 4.39 Å². The van der Waals surface area contributed by atoms with Gasteiger partial charge in [0.1, 0.15) is 11.4 Å². The number of carbonyl (C=O) groups is 1. The van der Waals surface area contributed by atoms with Gasteiger partial charge >= 0.3 is 6.01 Å². The Kier molecular flexibility index (Phi) is 4.58. The van der Waals surface area contributed by atoms with Crippen LogP contribution in [0.1, 0.15) is 36.0 Å². The number of amides is 1. The number of halogens is 1. The van der Waals surface area contributed by atoms with E-state index in [1.165, 1.54) is 24.3 Å². The van der Waals surface area contributed by atoms with Crippen LogP contribution in [-0.4, -0.2) is 52.2 Å². The average Bonchev–Trinajstić information content (AvgIpc) is 3.17. The third-order valence-electron chi connectivity index (χ3n) is 4.80. The van der Waals surface area contributed by atoms with E-state index in [-0.39, 0.29) is 17.4 Å². The molecule has 146 valence electrons. The Bertz CT molecular complexity index is 1080. The molecule has 1 saturated heterocycles. The molecule has 1 amide bonds. The Hall–Kier alpha value is -3.23. The van der Waals surface area contributed by atoms with E-state index < -0.39 is 11.4 Å². The summed E-state index contributed by atoms with van der Waals surface area (Å²) < 4.78 is 19.0. The Balaban J connectivity index is 1.49. The number of nitrogens with zero attached hydrogens (tertiary/aromatic N) is 4. The fourth-order valence-corrected chi connectivity index (χ4v) is 3.19. The summed E-state index contributed by atoms with van der Waals surface area (Å²) in [5, 5.41) is 8.70. The first kappa shape index (κ1) is 18.1. The first-order valence-corrected chi connectivity index (χ1v) is 9.12. The monoisotopic (exact) mass is 385 g/mol. The summed E-state index contributed by atoms with van der Waals surface area (Å²) in [5.41, 5.74) is -0.111. The highest BCUT2D eigenvalue weighted by atomic mass is 19.1. The van der Waals surface area contributed by atoms with Crippen molar-refractivity contribution in [2.24, 2.45) is 0 Å². The van der Waals surface area contributed by atoms with Gasteiger partial charge in [0, 0.05) is 32.1 Å². The summed E-state index contributed by atoms with van der Waals surface area (Å²) in [6.45, 7) is 5.87. The highest BCUT2D eigenvalue weighted by Gasteiger charge is 2.26. The zero-order chi connectivity index (χ0) is 19.8. The molecule has 1 aromatic carbocycles. The van der Waals surface area contributed by atoms with Crippen LogP contribution in [0.4, 0.5) is 10.4 Å². The van der Waals surface area contributed by atoms with Crippen LogP contribution < -0.4 is 10.5 Å². The fraction of sp³-hybridized carbons (Fsp3) is 0.368. The summed E-state index contributed by atoms with van der Waals surface area (Å²) in [5.74, 6) is -0.0645. The molecule has 3 heterocycles. The zero-order valence-corrected chi connectivity index (χ0v) is 15.6. The third kappa shape index (κ3) is 3.35. The summed E-state index contributed by atoms with van der Waals surface area (Å²) in [4.78, 5) is 31.3. The molecule has 2 aromatic heterocycles. The Labute approximate surface area is 160 Å². The summed E-state index contributed by atoms with van der Waals surface area (Å²) >= 11 is 0. The number of aromatic nitrogens is 3. The second kappa shape index (κ2) is 7.06. The van der Waals surface area contributed by atoms with E-state index >= 15 is 0 Å². The van der Waals surface area contributed by atoms with Crippen molar-refractivity contribution < 1.29 is 13.6 Å². The maximum atomic E-state index is 13.3. The van der Waals surface area contributed by atoms with Crippen molar-refractivity contribution in [3.63, 3.8) is 0 Å². The van der Waals surface area contributed by atoms with E-state index in [1.54, 1.807) is 4.90 Å². The molecule has 0 aliphatic carbocycles. The van der Waals surface area contributed by atoms with Crippen LogP contribution in [0.25, 0.3) is 10.9 Å². The molecule has 9 heteroatoms. The molecule has 8 nitrogen and oxygen atoms in total. The summed E-state index contributed by atoms with van der Waals surface area (Å²) in [6.07, 6.45) is 0. The van der Waals surface area contributed by atoms with E-state index in [9.17, 15) is 14.0 Å². The standard InChI is InChI=1S/C19H20FN5O3/c1-11(2)17-22-23-19(28-17)25-7-5-24(6-8-25)18(27)14-9-12-3-4-13(20)10-15(12)21-16(14)26/h3-4,9-11H,5-8H2,1-2H3,(H,21,26). The molecule has 1 N–H and O–H groups in total. The van der Waals surface area contributed by atoms with Gasteiger partial charge in [0.05, 0.1) is 5.52 Å². The van der Waals surface area contributed by atoms with Crippen molar-refractivity contribution in [3.05, 3.63) is 51.9 Å². The van der Waals surface area contributed by atoms with Crippen LogP contribution in [-0.2, 0) is 0 Å². The fourth-order valence-electron chi connectivity index (χ4n) is 3.19. The number of hydrogen-bond acceptors (Lipinski definition) is 6. The first-order chi connectivity index (χ1) is 13.4. The minimum Gasteiger partial charge on any atom is -0.408 e. The van der Waals surface area contributed by atoms with E-state index in [0.717, 1.165) is 0 Å². The van der Waals surface area contributed by atoms with Crippen LogP contribution in [0.3, 0.4) is 0 Å². The zero-order valence-electron chi connectivity index (χ0n) is 15.6. The molecule has 1 fully saturated rings. The number of piperazine rings is 1. The molecular weight excluding hydrogens is 365 g/mol. The molecule has 0 atom stereocenters. The third-order valence-corrected chi connectivity index (χ3v) is 4.80. The number of aromatic amines is 1. The van der Waals surface area contributed by atoms with Crippen LogP contribution in [0, 0.1) is 5.82 Å². The van der Waals surface area contributed by atoms with Gasteiger partial charge in [0.25, 0.3) is 11.5 Å². The van der Waals surface area contributed by atoms with Crippen LogP contribution in [0.5, 0.6) is 0 Å².